The van der Waals surface area contributed by atoms with Crippen LogP contribution in [0.15, 0.2) is 36.4 Å². The van der Waals surface area contributed by atoms with Gasteiger partial charge in [-0.2, -0.15) is 0 Å². The Kier molecular flexibility index (Phi) is 6.28. The number of rotatable bonds is 6. The third-order valence-corrected chi connectivity index (χ3v) is 4.25. The molecule has 0 spiro atoms. The van der Waals surface area contributed by atoms with Crippen LogP contribution < -0.4 is 5.32 Å². The molecule has 0 unspecified atom stereocenters. The zero-order valence-corrected chi connectivity index (χ0v) is 15.7. The molecule has 2 aromatic rings. The first-order valence-corrected chi connectivity index (χ1v) is 8.52. The second kappa shape index (κ2) is 8.44. The van der Waals surface area contributed by atoms with Crippen LogP contribution in [-0.4, -0.2) is 23.4 Å². The van der Waals surface area contributed by atoms with Crippen LogP contribution in [0, 0.1) is 24.0 Å². The lowest BCUT2D eigenvalue weighted by Gasteiger charge is -2.16. The van der Waals surface area contributed by atoms with Gasteiger partial charge in [0.05, 0.1) is 10.5 Å². The van der Waals surface area contributed by atoms with E-state index in [-0.39, 0.29) is 22.7 Å². The van der Waals surface area contributed by atoms with E-state index in [4.69, 9.17) is 4.74 Å². The van der Waals surface area contributed by atoms with E-state index in [0.717, 1.165) is 11.1 Å². The minimum absolute atomic E-state index is 0.0655. The van der Waals surface area contributed by atoms with Crippen LogP contribution in [0.2, 0.25) is 0 Å². The average molecular weight is 370 g/mol. The topological polar surface area (TPSA) is 98.5 Å². The van der Waals surface area contributed by atoms with Gasteiger partial charge in [0.15, 0.2) is 6.61 Å². The Balaban J connectivity index is 2.08. The van der Waals surface area contributed by atoms with Crippen molar-refractivity contribution in [1.82, 2.24) is 0 Å². The van der Waals surface area contributed by atoms with Crippen LogP contribution >= 0.6 is 0 Å². The second-order valence-corrected chi connectivity index (χ2v) is 6.52. The molecule has 0 saturated heterocycles. The maximum Gasteiger partial charge on any atom is 0.339 e. The Hall–Kier alpha value is -3.22. The summed E-state index contributed by atoms with van der Waals surface area (Å²) in [5.74, 6) is -1.03. The largest absolute Gasteiger partial charge is 0.452 e. The maximum absolute atomic E-state index is 12.2. The predicted molar refractivity (Wildman–Crippen MR) is 102 cm³/mol. The van der Waals surface area contributed by atoms with Crippen molar-refractivity contribution in [2.45, 2.75) is 33.6 Å². The summed E-state index contributed by atoms with van der Waals surface area (Å²) in [6.07, 6.45) is 0. The van der Waals surface area contributed by atoms with Crippen molar-refractivity contribution in [3.8, 4) is 0 Å². The molecule has 2 rings (SSSR count). The molecule has 0 fully saturated rings. The average Bonchev–Trinajstić information content (AvgIpc) is 2.61. The highest BCUT2D eigenvalue weighted by molar-refractivity contribution is 5.97. The molecule has 0 bridgehead atoms. The van der Waals surface area contributed by atoms with Gasteiger partial charge in [-0.05, 0) is 37.0 Å². The normalized spacial score (nSPS) is 10.6. The summed E-state index contributed by atoms with van der Waals surface area (Å²) in [6, 6.07) is 9.90. The van der Waals surface area contributed by atoms with Crippen molar-refractivity contribution in [3.05, 3.63) is 68.8 Å². The highest BCUT2D eigenvalue weighted by Crippen LogP contribution is 2.27. The van der Waals surface area contributed by atoms with Gasteiger partial charge in [0, 0.05) is 17.3 Å². The molecule has 7 nitrogen and oxygen atoms in total. The SMILES string of the molecule is Cc1cccc(C(C)C)c1NC(=O)COC(=O)c1cccc([N+](=O)[O-])c1C. The molecule has 0 radical (unpaired) electrons. The van der Waals surface area contributed by atoms with Gasteiger partial charge < -0.3 is 10.1 Å². The number of hydrogen-bond donors (Lipinski definition) is 1. The summed E-state index contributed by atoms with van der Waals surface area (Å²) in [6.45, 7) is 6.93. The van der Waals surface area contributed by atoms with Crippen LogP contribution in [0.1, 0.15) is 46.8 Å². The summed E-state index contributed by atoms with van der Waals surface area (Å²) in [5, 5.41) is 13.8. The number of nitrogens with one attached hydrogen (secondary N) is 1. The molecule has 27 heavy (non-hydrogen) atoms. The highest BCUT2D eigenvalue weighted by atomic mass is 16.6. The fourth-order valence-electron chi connectivity index (χ4n) is 2.77. The molecule has 1 N–H and O–H groups in total. The van der Waals surface area contributed by atoms with Crippen LogP contribution in [0.3, 0.4) is 0 Å². The van der Waals surface area contributed by atoms with Crippen molar-refractivity contribution in [3.63, 3.8) is 0 Å². The molecule has 2 aromatic carbocycles. The van der Waals surface area contributed by atoms with E-state index in [2.05, 4.69) is 5.32 Å². The van der Waals surface area contributed by atoms with Crippen LogP contribution in [0.5, 0.6) is 0 Å². The van der Waals surface area contributed by atoms with E-state index in [1.165, 1.54) is 25.1 Å². The summed E-state index contributed by atoms with van der Waals surface area (Å²) >= 11 is 0. The van der Waals surface area contributed by atoms with E-state index in [1.807, 2.05) is 39.0 Å². The lowest BCUT2D eigenvalue weighted by atomic mass is 9.98. The number of benzene rings is 2. The van der Waals surface area contributed by atoms with Gasteiger partial charge in [-0.25, -0.2) is 4.79 Å². The summed E-state index contributed by atoms with van der Waals surface area (Å²) < 4.78 is 5.04. The molecule has 0 saturated carbocycles. The van der Waals surface area contributed by atoms with Crippen molar-refractivity contribution < 1.29 is 19.2 Å². The molecule has 0 aliphatic rings. The molecular formula is C20H22N2O5. The van der Waals surface area contributed by atoms with E-state index in [0.29, 0.717) is 5.69 Å². The van der Waals surface area contributed by atoms with Gasteiger partial charge >= 0.3 is 5.97 Å². The number of carbonyl (C=O) groups excluding carboxylic acids is 2. The Morgan fingerprint density at radius 2 is 1.81 bits per heavy atom. The monoisotopic (exact) mass is 370 g/mol. The number of hydrogen-bond acceptors (Lipinski definition) is 5. The molecule has 142 valence electrons. The quantitative estimate of drug-likeness (QED) is 0.468. The number of anilines is 1. The zero-order valence-electron chi connectivity index (χ0n) is 15.7. The zero-order chi connectivity index (χ0) is 20.1. The smallest absolute Gasteiger partial charge is 0.339 e. The summed E-state index contributed by atoms with van der Waals surface area (Å²) in [5.41, 5.74) is 2.71. The minimum Gasteiger partial charge on any atom is -0.452 e. The number of nitro groups is 1. The highest BCUT2D eigenvalue weighted by Gasteiger charge is 2.20. The fourth-order valence-corrected chi connectivity index (χ4v) is 2.77. The number of nitro benzene ring substituents is 1. The first-order chi connectivity index (χ1) is 12.7. The lowest BCUT2D eigenvalue weighted by Crippen LogP contribution is -2.22. The number of carbonyl (C=O) groups is 2. The number of ether oxygens (including phenoxy) is 1. The standard InChI is InChI=1S/C20H22N2O5/c1-12(2)15-8-5-7-13(3)19(15)21-18(23)11-27-20(24)16-9-6-10-17(14(16)4)22(25)26/h5-10,12H,11H2,1-4H3,(H,21,23). The van der Waals surface area contributed by atoms with Crippen LogP contribution in [0.4, 0.5) is 11.4 Å². The lowest BCUT2D eigenvalue weighted by molar-refractivity contribution is -0.385. The third kappa shape index (κ3) is 4.69. The van der Waals surface area contributed by atoms with E-state index in [1.54, 1.807) is 0 Å². The van der Waals surface area contributed by atoms with Crippen molar-refractivity contribution in [2.24, 2.45) is 0 Å². The van der Waals surface area contributed by atoms with Gasteiger partial charge in [-0.3, -0.25) is 14.9 Å². The Morgan fingerprint density at radius 3 is 2.44 bits per heavy atom. The number of aryl methyl sites for hydroxylation is 1. The number of esters is 1. The van der Waals surface area contributed by atoms with E-state index in [9.17, 15) is 19.7 Å². The first kappa shape index (κ1) is 20.1. The van der Waals surface area contributed by atoms with Gasteiger partial charge in [-0.15, -0.1) is 0 Å². The predicted octanol–water partition coefficient (Wildman–Crippen LogP) is 4.13. The molecular weight excluding hydrogens is 348 g/mol. The van der Waals surface area contributed by atoms with Gasteiger partial charge in [0.25, 0.3) is 11.6 Å². The van der Waals surface area contributed by atoms with Crippen molar-refractivity contribution in [2.75, 3.05) is 11.9 Å². The molecule has 1 amide bonds. The number of para-hydroxylation sites is 1. The molecule has 7 heteroatoms. The molecule has 0 aromatic heterocycles. The third-order valence-electron chi connectivity index (χ3n) is 4.25. The molecule has 0 aliphatic carbocycles. The van der Waals surface area contributed by atoms with Crippen molar-refractivity contribution in [1.29, 1.82) is 0 Å². The maximum atomic E-state index is 12.2. The number of amides is 1. The van der Waals surface area contributed by atoms with Crippen LogP contribution in [0.25, 0.3) is 0 Å². The molecule has 0 heterocycles. The summed E-state index contributed by atoms with van der Waals surface area (Å²) in [4.78, 5) is 34.9. The number of nitrogens with zero attached hydrogens (tertiary/aromatic N) is 1. The van der Waals surface area contributed by atoms with Crippen LogP contribution in [-0.2, 0) is 9.53 Å². The van der Waals surface area contributed by atoms with Gasteiger partial charge in [0.2, 0.25) is 0 Å². The first-order valence-electron chi connectivity index (χ1n) is 8.52. The fraction of sp³-hybridized carbons (Fsp3) is 0.300. The van der Waals surface area contributed by atoms with E-state index >= 15 is 0 Å². The second-order valence-electron chi connectivity index (χ2n) is 6.52. The summed E-state index contributed by atoms with van der Waals surface area (Å²) in [7, 11) is 0. The van der Waals surface area contributed by atoms with Crippen molar-refractivity contribution >= 4 is 23.3 Å². The Labute approximate surface area is 157 Å². The van der Waals surface area contributed by atoms with E-state index < -0.39 is 23.4 Å². The van der Waals surface area contributed by atoms with Gasteiger partial charge in [-0.1, -0.05) is 38.1 Å². The minimum atomic E-state index is -0.778. The molecule has 0 aliphatic heterocycles. The Bertz CT molecular complexity index is 890. The van der Waals surface area contributed by atoms with Gasteiger partial charge in [0.1, 0.15) is 0 Å². The molecule has 0 atom stereocenters. The Morgan fingerprint density at radius 1 is 1.15 bits per heavy atom.